The Kier molecular flexibility index (Phi) is 4.59. The quantitative estimate of drug-likeness (QED) is 0.881. The molecule has 1 saturated carbocycles. The zero-order chi connectivity index (χ0) is 13.0. The number of hydrogen-bond acceptors (Lipinski definition) is 2. The Bertz CT molecular complexity index is 388. The lowest BCUT2D eigenvalue weighted by molar-refractivity contribution is 0.274. The first kappa shape index (κ1) is 13.3. The van der Waals surface area contributed by atoms with Crippen LogP contribution in [0.15, 0.2) is 18.2 Å². The van der Waals surface area contributed by atoms with E-state index in [4.69, 9.17) is 4.74 Å². The van der Waals surface area contributed by atoms with E-state index < -0.39 is 0 Å². The number of rotatable bonds is 4. The first-order valence-electron chi connectivity index (χ1n) is 6.77. The van der Waals surface area contributed by atoms with Gasteiger partial charge in [0.25, 0.3) is 0 Å². The molecule has 1 N–H and O–H groups in total. The molecule has 1 aliphatic rings. The summed E-state index contributed by atoms with van der Waals surface area (Å²) in [5.41, 5.74) is 0.740. The van der Waals surface area contributed by atoms with Gasteiger partial charge >= 0.3 is 0 Å². The minimum absolute atomic E-state index is 0.0976. The molecular weight excluding hydrogens is 229 g/mol. The van der Waals surface area contributed by atoms with E-state index in [0.717, 1.165) is 5.56 Å². The van der Waals surface area contributed by atoms with E-state index in [1.54, 1.807) is 6.07 Å². The van der Waals surface area contributed by atoms with Crippen molar-refractivity contribution in [2.75, 3.05) is 14.2 Å². The summed E-state index contributed by atoms with van der Waals surface area (Å²) in [5, 5.41) is 3.28. The highest BCUT2D eigenvalue weighted by Crippen LogP contribution is 2.36. The van der Waals surface area contributed by atoms with Gasteiger partial charge in [-0.1, -0.05) is 31.4 Å². The molecule has 0 saturated heterocycles. The van der Waals surface area contributed by atoms with Gasteiger partial charge in [0, 0.05) is 11.6 Å². The van der Waals surface area contributed by atoms with Gasteiger partial charge in [-0.25, -0.2) is 4.39 Å². The molecule has 1 aromatic carbocycles. The number of methoxy groups -OCH3 is 1. The zero-order valence-corrected chi connectivity index (χ0v) is 11.2. The SMILES string of the molecule is CNC(c1cccc(OC)c1F)C1CCCCC1. The average Bonchev–Trinajstić information content (AvgIpc) is 2.43. The second-order valence-corrected chi connectivity index (χ2v) is 5.03. The van der Waals surface area contributed by atoms with E-state index in [9.17, 15) is 4.39 Å². The van der Waals surface area contributed by atoms with Crippen molar-refractivity contribution >= 4 is 0 Å². The number of ether oxygens (including phenoxy) is 1. The van der Waals surface area contributed by atoms with E-state index in [2.05, 4.69) is 5.32 Å². The molecule has 0 aliphatic heterocycles. The maximum atomic E-state index is 14.3. The molecule has 0 bridgehead atoms. The fraction of sp³-hybridized carbons (Fsp3) is 0.600. The maximum Gasteiger partial charge on any atom is 0.169 e. The summed E-state index contributed by atoms with van der Waals surface area (Å²) in [6.45, 7) is 0. The summed E-state index contributed by atoms with van der Waals surface area (Å²) in [4.78, 5) is 0. The molecule has 0 aromatic heterocycles. The standard InChI is InChI=1S/C15H22FNO/c1-17-15(11-7-4-3-5-8-11)12-9-6-10-13(18-2)14(12)16/h6,9-11,15,17H,3-5,7-8H2,1-2H3. The molecule has 1 unspecified atom stereocenters. The van der Waals surface area contributed by atoms with Crippen molar-refractivity contribution in [3.05, 3.63) is 29.6 Å². The Labute approximate surface area is 109 Å². The average molecular weight is 251 g/mol. The first-order valence-corrected chi connectivity index (χ1v) is 6.77. The maximum absolute atomic E-state index is 14.3. The molecule has 18 heavy (non-hydrogen) atoms. The number of halogens is 1. The molecule has 100 valence electrons. The molecule has 0 radical (unpaired) electrons. The van der Waals surface area contributed by atoms with Gasteiger partial charge in [0.2, 0.25) is 0 Å². The lowest BCUT2D eigenvalue weighted by Gasteiger charge is -2.30. The highest BCUT2D eigenvalue weighted by atomic mass is 19.1. The van der Waals surface area contributed by atoms with E-state index >= 15 is 0 Å². The Morgan fingerprint density at radius 2 is 2.00 bits per heavy atom. The fourth-order valence-corrected chi connectivity index (χ4v) is 3.04. The van der Waals surface area contributed by atoms with Crippen molar-refractivity contribution in [3.63, 3.8) is 0 Å². The molecule has 0 amide bonds. The largest absolute Gasteiger partial charge is 0.494 e. The molecule has 0 heterocycles. The van der Waals surface area contributed by atoms with Crippen molar-refractivity contribution < 1.29 is 9.13 Å². The first-order chi connectivity index (χ1) is 8.77. The van der Waals surface area contributed by atoms with Crippen molar-refractivity contribution in [1.82, 2.24) is 5.32 Å². The monoisotopic (exact) mass is 251 g/mol. The van der Waals surface area contributed by atoms with Gasteiger partial charge in [-0.05, 0) is 31.9 Å². The molecular formula is C15H22FNO. The molecule has 0 spiro atoms. The van der Waals surface area contributed by atoms with Gasteiger partial charge < -0.3 is 10.1 Å². The Hall–Kier alpha value is -1.09. The van der Waals surface area contributed by atoms with E-state index in [1.165, 1.54) is 39.2 Å². The summed E-state index contributed by atoms with van der Waals surface area (Å²) < 4.78 is 19.4. The van der Waals surface area contributed by atoms with Crippen molar-refractivity contribution in [2.45, 2.75) is 38.1 Å². The van der Waals surface area contributed by atoms with Gasteiger partial charge in [0.05, 0.1) is 7.11 Å². The molecule has 3 heteroatoms. The van der Waals surface area contributed by atoms with Gasteiger partial charge in [0.15, 0.2) is 11.6 Å². The van der Waals surface area contributed by atoms with Crippen LogP contribution in [0.4, 0.5) is 4.39 Å². The van der Waals surface area contributed by atoms with Crippen LogP contribution in [-0.4, -0.2) is 14.2 Å². The van der Waals surface area contributed by atoms with Gasteiger partial charge in [-0.2, -0.15) is 0 Å². The molecule has 2 nitrogen and oxygen atoms in total. The molecule has 1 fully saturated rings. The van der Waals surface area contributed by atoms with Crippen LogP contribution >= 0.6 is 0 Å². The van der Waals surface area contributed by atoms with Crippen LogP contribution in [0.2, 0.25) is 0 Å². The molecule has 2 rings (SSSR count). The second-order valence-electron chi connectivity index (χ2n) is 5.03. The lowest BCUT2D eigenvalue weighted by atomic mass is 9.81. The normalized spacial score (nSPS) is 18.6. The summed E-state index contributed by atoms with van der Waals surface area (Å²) in [6, 6.07) is 5.50. The van der Waals surface area contributed by atoms with Crippen LogP contribution in [0, 0.1) is 11.7 Å². The van der Waals surface area contributed by atoms with Crippen LogP contribution in [0.25, 0.3) is 0 Å². The topological polar surface area (TPSA) is 21.3 Å². The second kappa shape index (κ2) is 6.19. The molecule has 1 atom stereocenters. The Morgan fingerprint density at radius 3 is 2.61 bits per heavy atom. The van der Waals surface area contributed by atoms with Gasteiger partial charge in [-0.3, -0.25) is 0 Å². The molecule has 1 aromatic rings. The highest BCUT2D eigenvalue weighted by Gasteiger charge is 2.26. The van der Waals surface area contributed by atoms with Crippen LogP contribution in [-0.2, 0) is 0 Å². The van der Waals surface area contributed by atoms with E-state index in [-0.39, 0.29) is 11.9 Å². The third-order valence-electron chi connectivity index (χ3n) is 3.98. The fourth-order valence-electron chi connectivity index (χ4n) is 3.04. The van der Waals surface area contributed by atoms with E-state index in [0.29, 0.717) is 11.7 Å². The van der Waals surface area contributed by atoms with Crippen LogP contribution in [0.1, 0.15) is 43.7 Å². The summed E-state index contributed by atoms with van der Waals surface area (Å²) in [5.74, 6) is 0.652. The minimum Gasteiger partial charge on any atom is -0.494 e. The third-order valence-corrected chi connectivity index (χ3v) is 3.98. The summed E-state index contributed by atoms with van der Waals surface area (Å²) >= 11 is 0. The van der Waals surface area contributed by atoms with Crippen LogP contribution in [0.5, 0.6) is 5.75 Å². The molecule has 1 aliphatic carbocycles. The van der Waals surface area contributed by atoms with Crippen molar-refractivity contribution in [2.24, 2.45) is 5.92 Å². The number of hydrogen-bond donors (Lipinski definition) is 1. The van der Waals surface area contributed by atoms with Gasteiger partial charge in [-0.15, -0.1) is 0 Å². The van der Waals surface area contributed by atoms with E-state index in [1.807, 2.05) is 19.2 Å². The Morgan fingerprint density at radius 1 is 1.28 bits per heavy atom. The lowest BCUT2D eigenvalue weighted by Crippen LogP contribution is -2.27. The highest BCUT2D eigenvalue weighted by molar-refractivity contribution is 5.33. The van der Waals surface area contributed by atoms with Crippen LogP contribution < -0.4 is 10.1 Å². The summed E-state index contributed by atoms with van der Waals surface area (Å²) in [6.07, 6.45) is 6.20. The minimum atomic E-state index is -0.218. The van der Waals surface area contributed by atoms with Crippen molar-refractivity contribution in [1.29, 1.82) is 0 Å². The zero-order valence-electron chi connectivity index (χ0n) is 11.2. The predicted octanol–water partition coefficient (Wildman–Crippen LogP) is 3.68. The summed E-state index contributed by atoms with van der Waals surface area (Å²) in [7, 11) is 3.43. The smallest absolute Gasteiger partial charge is 0.169 e. The number of nitrogens with one attached hydrogen (secondary N) is 1. The van der Waals surface area contributed by atoms with Gasteiger partial charge in [0.1, 0.15) is 0 Å². The Balaban J connectivity index is 2.26. The van der Waals surface area contributed by atoms with Crippen molar-refractivity contribution in [3.8, 4) is 5.75 Å². The predicted molar refractivity (Wildman–Crippen MR) is 71.3 cm³/mol. The number of benzene rings is 1. The third kappa shape index (κ3) is 2.66. The van der Waals surface area contributed by atoms with Crippen LogP contribution in [0.3, 0.4) is 0 Å².